The van der Waals surface area contributed by atoms with E-state index in [2.05, 4.69) is 20.0 Å². The van der Waals surface area contributed by atoms with Gasteiger partial charge in [0.25, 0.3) is 0 Å². The van der Waals surface area contributed by atoms with Gasteiger partial charge in [-0.3, -0.25) is 13.8 Å². The van der Waals surface area contributed by atoms with E-state index in [-0.39, 0.29) is 18.6 Å². The normalized spacial score (nSPS) is 11.7. The third-order valence-electron chi connectivity index (χ3n) is 2.31. The molecule has 0 fully saturated rings. The Morgan fingerprint density at radius 1 is 1.19 bits per heavy atom. The summed E-state index contributed by atoms with van der Waals surface area (Å²) in [4.78, 5) is 17.1. The molecule has 0 unspecified atom stereocenters. The van der Waals surface area contributed by atoms with Crippen molar-refractivity contribution >= 4 is 18.7 Å². The molecule has 0 spiro atoms. The second-order valence-corrected chi connectivity index (χ2v) is 5.28. The zero-order chi connectivity index (χ0) is 15.3. The van der Waals surface area contributed by atoms with Gasteiger partial charge >= 0.3 is 13.4 Å². The van der Waals surface area contributed by atoms with Crippen molar-refractivity contribution in [2.75, 3.05) is 13.2 Å². The highest BCUT2D eigenvalue weighted by Crippen LogP contribution is 2.48. The van der Waals surface area contributed by atoms with Crippen LogP contribution in [0.5, 0.6) is 0 Å². The van der Waals surface area contributed by atoms with Gasteiger partial charge in [0.1, 0.15) is 5.52 Å². The Balaban J connectivity index is 2.22. The number of benzene rings is 1. The first-order chi connectivity index (χ1) is 10.1. The Morgan fingerprint density at radius 2 is 1.86 bits per heavy atom. The molecule has 0 amide bonds. The summed E-state index contributed by atoms with van der Waals surface area (Å²) in [5.74, 6) is 0. The standard InChI is InChI=1S/C11H14N3O6P/c1-3-17-21(16,18-4-2)20-19-14-11(15)9-7-5-6-8-10(9)12-13-14/h5-8H,3-4H2,1-2H3. The van der Waals surface area contributed by atoms with E-state index in [4.69, 9.17) is 9.05 Å². The molecule has 0 atom stereocenters. The van der Waals surface area contributed by atoms with Crippen molar-refractivity contribution in [3.05, 3.63) is 34.6 Å². The summed E-state index contributed by atoms with van der Waals surface area (Å²) in [6, 6.07) is 6.56. The van der Waals surface area contributed by atoms with E-state index >= 15 is 0 Å². The van der Waals surface area contributed by atoms with E-state index in [0.717, 1.165) is 0 Å². The van der Waals surface area contributed by atoms with Crippen molar-refractivity contribution in [1.29, 1.82) is 0 Å². The van der Waals surface area contributed by atoms with Crippen LogP contribution in [0.3, 0.4) is 0 Å². The van der Waals surface area contributed by atoms with E-state index in [1.807, 2.05) is 0 Å². The minimum absolute atomic E-state index is 0.0823. The van der Waals surface area contributed by atoms with Crippen LogP contribution in [-0.2, 0) is 18.3 Å². The maximum Gasteiger partial charge on any atom is 0.512 e. The highest BCUT2D eigenvalue weighted by atomic mass is 31.2. The molecule has 1 aromatic carbocycles. The first kappa shape index (κ1) is 15.6. The van der Waals surface area contributed by atoms with E-state index < -0.39 is 13.4 Å². The van der Waals surface area contributed by atoms with Gasteiger partial charge in [0.05, 0.1) is 18.6 Å². The number of rotatable bonds is 7. The van der Waals surface area contributed by atoms with Crippen LogP contribution >= 0.6 is 7.82 Å². The van der Waals surface area contributed by atoms with Crippen molar-refractivity contribution in [2.45, 2.75) is 13.8 Å². The molecular formula is C11H14N3O6P. The molecule has 9 nitrogen and oxygen atoms in total. The number of fused-ring (bicyclic) bond motifs is 1. The molecule has 0 saturated heterocycles. The van der Waals surface area contributed by atoms with E-state index in [1.54, 1.807) is 38.1 Å². The molecular weight excluding hydrogens is 301 g/mol. The lowest BCUT2D eigenvalue weighted by atomic mass is 10.2. The van der Waals surface area contributed by atoms with Gasteiger partial charge in [0, 0.05) is 4.85 Å². The maximum absolute atomic E-state index is 12.0. The van der Waals surface area contributed by atoms with Gasteiger partial charge in [-0.25, -0.2) is 9.55 Å². The predicted molar refractivity (Wildman–Crippen MR) is 72.3 cm³/mol. The monoisotopic (exact) mass is 315 g/mol. The lowest BCUT2D eigenvalue weighted by Gasteiger charge is -2.14. The number of hydrogen-bond acceptors (Lipinski definition) is 8. The smallest absolute Gasteiger partial charge is 0.285 e. The number of phosphoric ester groups is 1. The van der Waals surface area contributed by atoms with Crippen LogP contribution in [0.4, 0.5) is 0 Å². The molecule has 10 heteroatoms. The molecule has 1 heterocycles. The Labute approximate surface area is 119 Å². The second kappa shape index (κ2) is 6.77. The number of hydrogen-bond donors (Lipinski definition) is 0. The van der Waals surface area contributed by atoms with Crippen molar-refractivity contribution in [1.82, 2.24) is 15.2 Å². The zero-order valence-electron chi connectivity index (χ0n) is 11.5. The zero-order valence-corrected chi connectivity index (χ0v) is 12.4. The van der Waals surface area contributed by atoms with Gasteiger partial charge in [-0.2, -0.15) is 0 Å². The maximum atomic E-state index is 12.0. The van der Waals surface area contributed by atoms with Crippen LogP contribution in [-0.4, -0.2) is 28.4 Å². The van der Waals surface area contributed by atoms with Gasteiger partial charge in [0.2, 0.25) is 0 Å². The summed E-state index contributed by atoms with van der Waals surface area (Å²) in [6.45, 7) is 3.38. The highest BCUT2D eigenvalue weighted by molar-refractivity contribution is 7.48. The quantitative estimate of drug-likeness (QED) is 0.428. The average molecular weight is 315 g/mol. The van der Waals surface area contributed by atoms with E-state index in [1.165, 1.54) is 0 Å². The number of nitrogens with zero attached hydrogens (tertiary/aromatic N) is 3. The molecule has 1 aromatic heterocycles. The van der Waals surface area contributed by atoms with Gasteiger partial charge in [-0.15, -0.1) is 5.10 Å². The van der Waals surface area contributed by atoms with E-state index in [9.17, 15) is 9.36 Å². The first-order valence-corrected chi connectivity index (χ1v) is 7.66. The van der Waals surface area contributed by atoms with Gasteiger partial charge in [-0.1, -0.05) is 12.1 Å². The van der Waals surface area contributed by atoms with Gasteiger partial charge in [0.15, 0.2) is 0 Å². The summed E-state index contributed by atoms with van der Waals surface area (Å²) in [5.41, 5.74) is -0.208. The van der Waals surface area contributed by atoms with Gasteiger partial charge in [-0.05, 0) is 35.9 Å². The predicted octanol–water partition coefficient (Wildman–Crippen LogP) is 1.33. The van der Waals surface area contributed by atoms with Crippen LogP contribution in [0.15, 0.2) is 29.1 Å². The molecule has 2 rings (SSSR count). The lowest BCUT2D eigenvalue weighted by molar-refractivity contribution is -0.242. The third-order valence-corrected chi connectivity index (χ3v) is 3.71. The Hall–Kier alpha value is -1.80. The number of aromatic nitrogens is 3. The summed E-state index contributed by atoms with van der Waals surface area (Å²) < 4.78 is 26.3. The lowest BCUT2D eigenvalue weighted by Crippen LogP contribution is -2.30. The van der Waals surface area contributed by atoms with E-state index in [0.29, 0.717) is 10.4 Å². The molecule has 0 aliphatic heterocycles. The fourth-order valence-electron chi connectivity index (χ4n) is 1.49. The summed E-state index contributed by atoms with van der Waals surface area (Å²) >= 11 is 0. The Bertz CT molecular complexity index is 708. The van der Waals surface area contributed by atoms with Crippen molar-refractivity contribution < 1.29 is 23.3 Å². The fraction of sp³-hybridized carbons (Fsp3) is 0.364. The van der Waals surface area contributed by atoms with Crippen molar-refractivity contribution in [2.24, 2.45) is 0 Å². The molecule has 0 bridgehead atoms. The summed E-state index contributed by atoms with van der Waals surface area (Å²) in [6.07, 6.45) is 0. The minimum atomic E-state index is -3.91. The number of phosphoric acid groups is 1. The highest BCUT2D eigenvalue weighted by Gasteiger charge is 2.29. The molecule has 21 heavy (non-hydrogen) atoms. The van der Waals surface area contributed by atoms with Crippen LogP contribution < -0.4 is 10.5 Å². The minimum Gasteiger partial charge on any atom is -0.285 e. The summed E-state index contributed by atoms with van der Waals surface area (Å²) in [7, 11) is -3.91. The van der Waals surface area contributed by atoms with Gasteiger partial charge < -0.3 is 0 Å². The Kier molecular flexibility index (Phi) is 5.03. The molecule has 0 aliphatic rings. The second-order valence-electron chi connectivity index (χ2n) is 3.72. The van der Waals surface area contributed by atoms with Crippen LogP contribution in [0, 0.1) is 0 Å². The third kappa shape index (κ3) is 3.64. The molecule has 0 N–H and O–H groups in total. The molecule has 0 aliphatic carbocycles. The molecule has 0 saturated carbocycles. The van der Waals surface area contributed by atoms with Crippen LogP contribution in [0.2, 0.25) is 0 Å². The molecule has 2 aromatic rings. The molecule has 0 radical (unpaired) electrons. The first-order valence-electron chi connectivity index (χ1n) is 6.20. The topological polar surface area (TPSA) is 102 Å². The molecule has 114 valence electrons. The van der Waals surface area contributed by atoms with Crippen LogP contribution in [0.25, 0.3) is 10.9 Å². The van der Waals surface area contributed by atoms with Crippen molar-refractivity contribution in [3.8, 4) is 0 Å². The average Bonchev–Trinajstić information content (AvgIpc) is 2.47. The SMILES string of the molecule is CCOP(=O)(OCC)OOn1nnc2ccccc2c1=O. The summed E-state index contributed by atoms with van der Waals surface area (Å²) in [5, 5.41) is 7.55. The Morgan fingerprint density at radius 3 is 2.52 bits per heavy atom. The largest absolute Gasteiger partial charge is 0.512 e. The fourth-order valence-corrected chi connectivity index (χ4v) is 2.43. The van der Waals surface area contributed by atoms with Crippen molar-refractivity contribution in [3.63, 3.8) is 0 Å². The van der Waals surface area contributed by atoms with Crippen LogP contribution in [0.1, 0.15) is 13.8 Å².